The van der Waals surface area contributed by atoms with Gasteiger partial charge in [-0.15, -0.1) is 11.3 Å². The molecule has 0 saturated heterocycles. The van der Waals surface area contributed by atoms with Crippen LogP contribution in [-0.2, 0) is 0 Å². The fourth-order valence-corrected chi connectivity index (χ4v) is 9.88. The van der Waals surface area contributed by atoms with Crippen LogP contribution in [0.1, 0.15) is 23.6 Å². The van der Waals surface area contributed by atoms with Gasteiger partial charge in [0.05, 0.1) is 32.8 Å². The topological polar surface area (TPSA) is 29.6 Å². The Balaban J connectivity index is 1.20. The summed E-state index contributed by atoms with van der Waals surface area (Å²) in [5.41, 5.74) is 8.61. The Labute approximate surface area is 345 Å². The van der Waals surface area contributed by atoms with Gasteiger partial charge in [0, 0.05) is 42.9 Å². The minimum Gasteiger partial charge on any atom is -0.308 e. The second kappa shape index (κ2) is 13.9. The number of rotatable bonds is 6. The molecule has 59 heavy (non-hydrogen) atoms. The predicted molar refractivity (Wildman–Crippen MR) is 256 cm³/mol. The van der Waals surface area contributed by atoms with Gasteiger partial charge < -0.3 is 4.57 Å². The Morgan fingerprint density at radius 2 is 1.07 bits per heavy atom. The summed E-state index contributed by atoms with van der Waals surface area (Å²) in [6.07, 6.45) is 0. The van der Waals surface area contributed by atoms with E-state index in [0.717, 1.165) is 55.2 Å². The number of fused-ring (bicyclic) bond motifs is 9. The minimum atomic E-state index is 0.586. The van der Waals surface area contributed by atoms with Gasteiger partial charge in [-0.1, -0.05) is 147 Å². The van der Waals surface area contributed by atoms with Gasteiger partial charge in [0.15, 0.2) is 5.84 Å². The van der Waals surface area contributed by atoms with Crippen molar-refractivity contribution < 1.29 is 0 Å². The molecule has 0 amide bonds. The lowest BCUT2D eigenvalue weighted by atomic mass is 9.99. The summed E-state index contributed by atoms with van der Waals surface area (Å²) in [7, 11) is 0. The summed E-state index contributed by atoms with van der Waals surface area (Å²) in [5.74, 6) is 0.586. The molecule has 278 valence electrons. The maximum absolute atomic E-state index is 5.52. The normalized spacial score (nSPS) is 12.5. The monoisotopic (exact) mass is 771 g/mol. The molecule has 0 N–H and O–H groups in total. The van der Waals surface area contributed by atoms with Crippen molar-refractivity contribution in [3.63, 3.8) is 0 Å². The number of aliphatic imine (C=N–C) groups is 2. The summed E-state index contributed by atoms with van der Waals surface area (Å²) < 4.78 is 4.82. The lowest BCUT2D eigenvalue weighted by Gasteiger charge is -2.15. The molecule has 0 saturated carbocycles. The van der Waals surface area contributed by atoms with Crippen LogP contribution >= 0.6 is 11.3 Å². The second-order valence-corrected chi connectivity index (χ2v) is 16.3. The second-order valence-electron chi connectivity index (χ2n) is 15.3. The zero-order valence-corrected chi connectivity index (χ0v) is 33.3. The highest BCUT2D eigenvalue weighted by atomic mass is 32.1. The SMILES string of the molecule is C=C(C)C(=NC(=NC(=C)c1ccc2ccccc2c1)c1ccc(-n2c3ccccc3c3cc4ccccc4cc32)c2sc3ccccc3c12)c1ccc2ccccc2c1. The number of benzene rings is 9. The van der Waals surface area contributed by atoms with E-state index in [1.54, 1.807) is 0 Å². The van der Waals surface area contributed by atoms with Gasteiger partial charge in [0.25, 0.3) is 0 Å². The van der Waals surface area contributed by atoms with Crippen LogP contribution in [0.2, 0.25) is 0 Å². The van der Waals surface area contributed by atoms with Gasteiger partial charge >= 0.3 is 0 Å². The number of aromatic nitrogens is 1. The van der Waals surface area contributed by atoms with Crippen LogP contribution in [0.4, 0.5) is 0 Å². The number of hydrogen-bond donors (Lipinski definition) is 0. The molecular weight excluding hydrogens is 735 g/mol. The van der Waals surface area contributed by atoms with Crippen molar-refractivity contribution in [3.05, 3.63) is 217 Å². The first-order valence-electron chi connectivity index (χ1n) is 19.9. The molecule has 0 bridgehead atoms. The molecule has 0 radical (unpaired) electrons. The lowest BCUT2D eigenvalue weighted by Crippen LogP contribution is -2.09. The molecule has 4 heteroatoms. The Kier molecular flexibility index (Phi) is 8.21. The average molecular weight is 772 g/mol. The Hall–Kier alpha value is -7.40. The quantitative estimate of drug-likeness (QED) is 0.119. The zero-order valence-electron chi connectivity index (χ0n) is 32.5. The molecule has 2 aromatic heterocycles. The highest BCUT2D eigenvalue weighted by Crippen LogP contribution is 2.43. The lowest BCUT2D eigenvalue weighted by molar-refractivity contribution is 1.20. The molecule has 11 aromatic rings. The largest absolute Gasteiger partial charge is 0.308 e. The molecule has 0 fully saturated rings. The smallest absolute Gasteiger partial charge is 0.161 e. The first-order chi connectivity index (χ1) is 29.0. The van der Waals surface area contributed by atoms with E-state index < -0.39 is 0 Å². The standard InChI is InChI=1S/C55H37N3S/c1-34(2)53(43-27-25-37-15-5-7-17-40(37)31-43)57-55(56-35(3)38-26-24-36-14-4-6-16-39(36)30-38)46-28-29-49(54-52(46)45-21-11-13-23-51(45)59-54)58-48-22-12-10-20-44(48)47-32-41-18-8-9-19-42(41)33-50(47)58/h4-33H,1,3H2,2H3. The molecule has 0 spiro atoms. The molecule has 2 heterocycles. The van der Waals surface area contributed by atoms with Crippen molar-refractivity contribution in [2.75, 3.05) is 0 Å². The highest BCUT2D eigenvalue weighted by molar-refractivity contribution is 7.26. The van der Waals surface area contributed by atoms with Gasteiger partial charge in [-0.25, -0.2) is 9.98 Å². The number of allylic oxidation sites excluding steroid dienone is 1. The van der Waals surface area contributed by atoms with Gasteiger partial charge in [-0.05, 0) is 93.3 Å². The molecular formula is C55H37N3S. The van der Waals surface area contributed by atoms with Crippen LogP contribution in [0, 0.1) is 0 Å². The summed E-state index contributed by atoms with van der Waals surface area (Å²) in [4.78, 5) is 10.9. The van der Waals surface area contributed by atoms with Crippen LogP contribution in [0.25, 0.3) is 85.7 Å². The number of hydrogen-bond acceptors (Lipinski definition) is 2. The zero-order chi connectivity index (χ0) is 39.6. The van der Waals surface area contributed by atoms with E-state index in [4.69, 9.17) is 9.98 Å². The van der Waals surface area contributed by atoms with Gasteiger partial charge in [0.2, 0.25) is 0 Å². The Bertz CT molecular complexity index is 3610. The molecule has 0 aliphatic heterocycles. The van der Waals surface area contributed by atoms with Crippen LogP contribution in [-0.4, -0.2) is 16.1 Å². The van der Waals surface area contributed by atoms with Gasteiger partial charge in [0.1, 0.15) is 0 Å². The summed E-state index contributed by atoms with van der Waals surface area (Å²) in [6.45, 7) is 11.0. The average Bonchev–Trinajstić information content (AvgIpc) is 3.82. The van der Waals surface area contributed by atoms with Crippen LogP contribution in [0.3, 0.4) is 0 Å². The van der Waals surface area contributed by atoms with Crippen LogP contribution in [0.15, 0.2) is 211 Å². The highest BCUT2D eigenvalue weighted by Gasteiger charge is 2.22. The predicted octanol–water partition coefficient (Wildman–Crippen LogP) is 15.1. The molecule has 3 nitrogen and oxygen atoms in total. The number of thiophene rings is 1. The van der Waals surface area contributed by atoms with Crippen molar-refractivity contribution in [3.8, 4) is 5.69 Å². The van der Waals surface area contributed by atoms with Crippen molar-refractivity contribution in [2.24, 2.45) is 9.98 Å². The van der Waals surface area contributed by atoms with Crippen LogP contribution in [0.5, 0.6) is 0 Å². The van der Waals surface area contributed by atoms with Gasteiger partial charge in [-0.3, -0.25) is 0 Å². The van der Waals surface area contributed by atoms with E-state index in [1.807, 2.05) is 18.3 Å². The summed E-state index contributed by atoms with van der Waals surface area (Å²) in [6, 6.07) is 64.9. The first kappa shape index (κ1) is 34.8. The molecule has 0 atom stereocenters. The Morgan fingerprint density at radius 1 is 0.492 bits per heavy atom. The maximum atomic E-state index is 5.52. The first-order valence-corrected chi connectivity index (χ1v) is 20.7. The third-order valence-electron chi connectivity index (χ3n) is 11.5. The summed E-state index contributed by atoms with van der Waals surface area (Å²) in [5, 5.41) is 11.8. The fraction of sp³-hybridized carbons (Fsp3) is 0.0182. The van der Waals surface area contributed by atoms with Gasteiger partial charge in [-0.2, -0.15) is 0 Å². The molecule has 0 unspecified atom stereocenters. The van der Waals surface area contributed by atoms with E-state index in [-0.39, 0.29) is 0 Å². The molecule has 9 aromatic carbocycles. The molecule has 11 rings (SSSR count). The van der Waals surface area contributed by atoms with Crippen molar-refractivity contribution in [1.29, 1.82) is 0 Å². The van der Waals surface area contributed by atoms with E-state index in [2.05, 4.69) is 200 Å². The Morgan fingerprint density at radius 3 is 1.78 bits per heavy atom. The third-order valence-corrected chi connectivity index (χ3v) is 12.7. The van der Waals surface area contributed by atoms with E-state index in [1.165, 1.54) is 52.8 Å². The minimum absolute atomic E-state index is 0.586. The van der Waals surface area contributed by atoms with Crippen LogP contribution < -0.4 is 0 Å². The maximum Gasteiger partial charge on any atom is 0.161 e. The number of nitrogens with zero attached hydrogens (tertiary/aromatic N) is 3. The molecule has 0 aliphatic carbocycles. The van der Waals surface area contributed by atoms with Crippen molar-refractivity contribution >= 4 is 103 Å². The van der Waals surface area contributed by atoms with E-state index in [9.17, 15) is 0 Å². The fourth-order valence-electron chi connectivity index (χ4n) is 8.65. The van der Waals surface area contributed by atoms with Crippen molar-refractivity contribution in [2.45, 2.75) is 6.92 Å². The third kappa shape index (κ3) is 5.88. The number of para-hydroxylation sites is 1. The van der Waals surface area contributed by atoms with E-state index in [0.29, 0.717) is 11.5 Å². The van der Waals surface area contributed by atoms with Crippen molar-refractivity contribution in [1.82, 2.24) is 4.57 Å². The summed E-state index contributed by atoms with van der Waals surface area (Å²) >= 11 is 1.81. The number of amidine groups is 1. The molecule has 0 aliphatic rings. The van der Waals surface area contributed by atoms with E-state index >= 15 is 0 Å².